The number of methoxy groups -OCH3 is 2. The van der Waals surface area contributed by atoms with Gasteiger partial charge in [0.05, 0.1) is 25.1 Å². The molecule has 144 valence electrons. The van der Waals surface area contributed by atoms with Crippen LogP contribution >= 0.6 is 0 Å². The average molecular weight is 379 g/mol. The van der Waals surface area contributed by atoms with Gasteiger partial charge < -0.3 is 19.5 Å². The van der Waals surface area contributed by atoms with Crippen molar-refractivity contribution in [3.05, 3.63) is 48.5 Å². The maximum Gasteiger partial charge on any atom is 0.323 e. The lowest BCUT2D eigenvalue weighted by atomic mass is 10.1. The number of hydrogen-bond donors (Lipinski definition) is 1. The summed E-state index contributed by atoms with van der Waals surface area (Å²) in [6.45, 7) is 0.538. The molecule has 0 saturated carbocycles. The molecule has 2 atom stereocenters. The largest absolute Gasteiger partial charge is 0.497 e. The zero-order valence-electron chi connectivity index (χ0n) is 15.7. The van der Waals surface area contributed by atoms with E-state index in [-0.39, 0.29) is 18.1 Å². The molecular formula is C21H21N3O4. The van der Waals surface area contributed by atoms with Gasteiger partial charge in [0.2, 0.25) is 5.88 Å². The molecule has 1 aliphatic rings. The van der Waals surface area contributed by atoms with E-state index >= 15 is 0 Å². The second-order valence-corrected chi connectivity index (χ2v) is 6.56. The van der Waals surface area contributed by atoms with E-state index in [9.17, 15) is 4.79 Å². The Morgan fingerprint density at radius 1 is 1.11 bits per heavy atom. The predicted molar refractivity (Wildman–Crippen MR) is 104 cm³/mol. The second kappa shape index (κ2) is 7.82. The van der Waals surface area contributed by atoms with E-state index in [2.05, 4.69) is 15.3 Å². The Morgan fingerprint density at radius 3 is 2.68 bits per heavy atom. The molecule has 4 rings (SSSR count). The van der Waals surface area contributed by atoms with Crippen LogP contribution in [0.25, 0.3) is 22.3 Å². The molecule has 28 heavy (non-hydrogen) atoms. The van der Waals surface area contributed by atoms with Crippen LogP contribution in [0.1, 0.15) is 6.42 Å². The molecular weight excluding hydrogens is 358 g/mol. The Morgan fingerprint density at radius 2 is 1.93 bits per heavy atom. The van der Waals surface area contributed by atoms with Crippen LogP contribution in [0, 0.1) is 0 Å². The first-order valence-electron chi connectivity index (χ1n) is 9.07. The Balaban J connectivity index is 1.71. The summed E-state index contributed by atoms with van der Waals surface area (Å²) in [5, 5.41) is 3.89. The van der Waals surface area contributed by atoms with Crippen molar-refractivity contribution in [1.29, 1.82) is 0 Å². The van der Waals surface area contributed by atoms with Crippen LogP contribution in [-0.2, 0) is 9.53 Å². The van der Waals surface area contributed by atoms with Crippen molar-refractivity contribution in [3.8, 4) is 23.0 Å². The van der Waals surface area contributed by atoms with Crippen molar-refractivity contribution < 1.29 is 19.0 Å². The van der Waals surface area contributed by atoms with Crippen molar-refractivity contribution in [2.75, 3.05) is 20.8 Å². The van der Waals surface area contributed by atoms with E-state index in [0.29, 0.717) is 30.4 Å². The molecule has 0 bridgehead atoms. The summed E-state index contributed by atoms with van der Waals surface area (Å²) in [6.07, 6.45) is 0.319. The highest BCUT2D eigenvalue weighted by Crippen LogP contribution is 2.31. The molecule has 3 aromatic rings. The number of rotatable bonds is 5. The predicted octanol–water partition coefficient (Wildman–Crippen LogP) is 2.59. The molecule has 1 saturated heterocycles. The van der Waals surface area contributed by atoms with E-state index in [4.69, 9.17) is 14.2 Å². The van der Waals surface area contributed by atoms with Gasteiger partial charge in [-0.25, -0.2) is 4.98 Å². The molecule has 0 aliphatic carbocycles. The van der Waals surface area contributed by atoms with Crippen LogP contribution in [0.5, 0.6) is 11.6 Å². The van der Waals surface area contributed by atoms with Crippen LogP contribution in [0.15, 0.2) is 48.5 Å². The Hall–Kier alpha value is -3.19. The first-order chi connectivity index (χ1) is 13.7. The van der Waals surface area contributed by atoms with Crippen molar-refractivity contribution >= 4 is 16.9 Å². The maximum absolute atomic E-state index is 11.8. The highest BCUT2D eigenvalue weighted by atomic mass is 16.5. The molecule has 0 spiro atoms. The summed E-state index contributed by atoms with van der Waals surface area (Å²) >= 11 is 0. The van der Waals surface area contributed by atoms with Gasteiger partial charge in [-0.2, -0.15) is 4.98 Å². The van der Waals surface area contributed by atoms with Gasteiger partial charge in [-0.1, -0.05) is 30.3 Å². The molecule has 1 unspecified atom stereocenters. The summed E-state index contributed by atoms with van der Waals surface area (Å²) in [6, 6.07) is 15.0. The van der Waals surface area contributed by atoms with Crippen LogP contribution < -0.4 is 14.8 Å². The maximum atomic E-state index is 11.8. The zero-order chi connectivity index (χ0) is 19.5. The number of carbonyl (C=O) groups excluding carboxylic acids is 1. The quantitative estimate of drug-likeness (QED) is 0.682. The van der Waals surface area contributed by atoms with Crippen molar-refractivity contribution in [2.24, 2.45) is 0 Å². The number of benzene rings is 2. The highest BCUT2D eigenvalue weighted by Gasteiger charge is 2.32. The standard InChI is InChI=1S/C21H21N3O4/c1-26-14-8-9-17-16(10-14)20(24-19(23-17)13-6-4-3-5-7-13)28-15-11-18(22-12-15)21(25)27-2/h3-10,15,18,22H,11-12H2,1-2H3/t15-,18?/m1/s1. The fourth-order valence-corrected chi connectivity index (χ4v) is 3.29. The highest BCUT2D eigenvalue weighted by molar-refractivity contribution is 5.86. The first-order valence-corrected chi connectivity index (χ1v) is 9.07. The van der Waals surface area contributed by atoms with E-state index in [1.54, 1.807) is 7.11 Å². The van der Waals surface area contributed by atoms with Crippen LogP contribution in [0.3, 0.4) is 0 Å². The van der Waals surface area contributed by atoms with Gasteiger partial charge in [0.1, 0.15) is 17.9 Å². The van der Waals surface area contributed by atoms with Crippen molar-refractivity contribution in [2.45, 2.75) is 18.6 Å². The monoisotopic (exact) mass is 379 g/mol. The van der Waals surface area contributed by atoms with E-state index in [1.807, 2.05) is 48.5 Å². The summed E-state index contributed by atoms with van der Waals surface area (Å²) < 4.78 is 16.3. The van der Waals surface area contributed by atoms with Crippen LogP contribution in [0.2, 0.25) is 0 Å². The number of hydrogen-bond acceptors (Lipinski definition) is 7. The average Bonchev–Trinajstić information content (AvgIpc) is 3.22. The smallest absolute Gasteiger partial charge is 0.323 e. The number of ether oxygens (including phenoxy) is 3. The van der Waals surface area contributed by atoms with Gasteiger partial charge in [-0.15, -0.1) is 0 Å². The van der Waals surface area contributed by atoms with Crippen molar-refractivity contribution in [1.82, 2.24) is 15.3 Å². The fourth-order valence-electron chi connectivity index (χ4n) is 3.29. The second-order valence-electron chi connectivity index (χ2n) is 6.56. The van der Waals surface area contributed by atoms with Gasteiger partial charge in [0, 0.05) is 18.5 Å². The molecule has 1 aliphatic heterocycles. The van der Waals surface area contributed by atoms with E-state index in [0.717, 1.165) is 16.5 Å². The molecule has 1 aromatic heterocycles. The van der Waals surface area contributed by atoms with Gasteiger partial charge in [0.25, 0.3) is 0 Å². The van der Waals surface area contributed by atoms with E-state index in [1.165, 1.54) is 7.11 Å². The van der Waals surface area contributed by atoms with Gasteiger partial charge in [-0.3, -0.25) is 4.79 Å². The lowest BCUT2D eigenvalue weighted by Crippen LogP contribution is -2.31. The molecule has 2 aromatic carbocycles. The number of nitrogens with zero attached hydrogens (tertiary/aromatic N) is 2. The molecule has 0 radical (unpaired) electrons. The van der Waals surface area contributed by atoms with Gasteiger partial charge in [-0.05, 0) is 18.2 Å². The normalized spacial score (nSPS) is 18.8. The number of fused-ring (bicyclic) bond motifs is 1. The zero-order valence-corrected chi connectivity index (χ0v) is 15.7. The SMILES string of the molecule is COC(=O)C1C[C@@H](Oc2nc(-c3ccccc3)nc3ccc(OC)cc23)CN1. The molecule has 7 nitrogen and oxygen atoms in total. The third kappa shape index (κ3) is 3.61. The third-order valence-corrected chi connectivity index (χ3v) is 4.75. The summed E-state index contributed by atoms with van der Waals surface area (Å²) in [5.74, 6) is 1.47. The van der Waals surface area contributed by atoms with Crippen LogP contribution in [-0.4, -0.2) is 48.8 Å². The fraction of sp³-hybridized carbons (Fsp3) is 0.286. The van der Waals surface area contributed by atoms with Gasteiger partial charge in [0.15, 0.2) is 5.82 Å². The molecule has 1 fully saturated rings. The molecule has 7 heteroatoms. The summed E-state index contributed by atoms with van der Waals surface area (Å²) in [7, 11) is 3.00. The Labute approximate surface area is 162 Å². The number of esters is 1. The minimum Gasteiger partial charge on any atom is -0.497 e. The van der Waals surface area contributed by atoms with Gasteiger partial charge >= 0.3 is 5.97 Å². The molecule has 0 amide bonds. The Kier molecular flexibility index (Phi) is 5.08. The molecule has 2 heterocycles. The lowest BCUT2D eigenvalue weighted by molar-refractivity contribution is -0.142. The topological polar surface area (TPSA) is 82.6 Å². The number of aromatic nitrogens is 2. The molecule has 1 N–H and O–H groups in total. The summed E-state index contributed by atoms with van der Waals surface area (Å²) in [5.41, 5.74) is 1.67. The lowest BCUT2D eigenvalue weighted by Gasteiger charge is -2.15. The number of nitrogens with one attached hydrogen (secondary N) is 1. The van der Waals surface area contributed by atoms with Crippen LogP contribution in [0.4, 0.5) is 0 Å². The van der Waals surface area contributed by atoms with E-state index < -0.39 is 0 Å². The Bertz CT molecular complexity index is 994. The first kappa shape index (κ1) is 18.2. The van der Waals surface area contributed by atoms with Crippen molar-refractivity contribution in [3.63, 3.8) is 0 Å². The summed E-state index contributed by atoms with van der Waals surface area (Å²) in [4.78, 5) is 21.1. The third-order valence-electron chi connectivity index (χ3n) is 4.75. The minimum atomic E-state index is -0.369. The number of carbonyl (C=O) groups is 1. The minimum absolute atomic E-state index is 0.197.